The van der Waals surface area contributed by atoms with E-state index in [1.165, 1.54) is 0 Å². The van der Waals surface area contributed by atoms with Gasteiger partial charge in [0.2, 0.25) is 0 Å². The van der Waals surface area contributed by atoms with Gasteiger partial charge in [-0.1, -0.05) is 19.1 Å². The van der Waals surface area contributed by atoms with E-state index in [-0.39, 0.29) is 23.7 Å². The molecule has 5 heteroatoms. The van der Waals surface area contributed by atoms with Gasteiger partial charge in [0.1, 0.15) is 5.82 Å². The lowest BCUT2D eigenvalue weighted by atomic mass is 9.72. The fourth-order valence-corrected chi connectivity index (χ4v) is 3.89. The van der Waals surface area contributed by atoms with Gasteiger partial charge in [0.05, 0.1) is 23.9 Å². The maximum atomic E-state index is 12.4. The largest absolute Gasteiger partial charge is 0.466 e. The summed E-state index contributed by atoms with van der Waals surface area (Å²) in [5.74, 6) is 1.71. The van der Waals surface area contributed by atoms with Crippen molar-refractivity contribution in [3.05, 3.63) is 29.7 Å². The van der Waals surface area contributed by atoms with Crippen LogP contribution in [0.5, 0.6) is 0 Å². The maximum absolute atomic E-state index is 12.4. The number of carbonyl (C=O) groups excluding carboxylic acids is 1. The minimum Gasteiger partial charge on any atom is -0.466 e. The molecule has 5 nitrogen and oxygen atoms in total. The van der Waals surface area contributed by atoms with Gasteiger partial charge in [0, 0.05) is 19.3 Å². The average molecular weight is 315 g/mol. The Hall–Kier alpha value is -1.91. The number of hydrogen-bond donors (Lipinski definition) is 0. The highest BCUT2D eigenvalue weighted by molar-refractivity contribution is 5.74. The first kappa shape index (κ1) is 16.0. The SMILES string of the molecule is CCOC(=O)[C@@H]1[C@H]2CN(c3nc(C)cnc3C)C[C@@H]2C=C[C@@H]1C. The molecule has 1 fully saturated rings. The van der Waals surface area contributed by atoms with Crippen molar-refractivity contribution in [3.63, 3.8) is 0 Å². The summed E-state index contributed by atoms with van der Waals surface area (Å²) < 4.78 is 5.32. The molecule has 23 heavy (non-hydrogen) atoms. The first-order valence-corrected chi connectivity index (χ1v) is 8.41. The molecular formula is C18H25N3O2. The van der Waals surface area contributed by atoms with Crippen LogP contribution in [0.15, 0.2) is 18.3 Å². The van der Waals surface area contributed by atoms with Crippen LogP contribution in [0.1, 0.15) is 25.2 Å². The molecule has 3 rings (SSSR count). The first-order valence-electron chi connectivity index (χ1n) is 8.41. The van der Waals surface area contributed by atoms with E-state index in [9.17, 15) is 4.79 Å². The fraction of sp³-hybridized carbons (Fsp3) is 0.611. The summed E-state index contributed by atoms with van der Waals surface area (Å²) in [6.45, 7) is 10.1. The van der Waals surface area contributed by atoms with Gasteiger partial charge in [-0.05, 0) is 38.5 Å². The van der Waals surface area contributed by atoms with Crippen molar-refractivity contribution < 1.29 is 9.53 Å². The molecule has 0 radical (unpaired) electrons. The normalized spacial score (nSPS) is 29.5. The Morgan fingerprint density at radius 3 is 2.87 bits per heavy atom. The van der Waals surface area contributed by atoms with E-state index in [2.05, 4.69) is 33.9 Å². The summed E-state index contributed by atoms with van der Waals surface area (Å²) in [5, 5.41) is 0. The van der Waals surface area contributed by atoms with E-state index in [0.717, 1.165) is 30.3 Å². The third kappa shape index (κ3) is 2.96. The quantitative estimate of drug-likeness (QED) is 0.634. The molecule has 1 aliphatic heterocycles. The predicted octanol–water partition coefficient (Wildman–Crippen LogP) is 2.53. The zero-order valence-corrected chi connectivity index (χ0v) is 14.3. The number of fused-ring (bicyclic) bond motifs is 1. The van der Waals surface area contributed by atoms with E-state index in [1.54, 1.807) is 6.20 Å². The Labute approximate surface area is 137 Å². The molecule has 0 aromatic carbocycles. The highest BCUT2D eigenvalue weighted by Crippen LogP contribution is 2.41. The minimum atomic E-state index is -0.0620. The molecule has 2 aliphatic rings. The number of anilines is 1. The standard InChI is InChI=1S/C18H25N3O2/c1-5-23-18(22)16-11(2)6-7-14-9-21(10-15(14)16)17-13(4)19-8-12(3)20-17/h6-8,11,14-16H,5,9-10H2,1-4H3/t11-,14-,15-,16-/m0/s1. The molecule has 1 aromatic rings. The van der Waals surface area contributed by atoms with Gasteiger partial charge in [-0.15, -0.1) is 0 Å². The smallest absolute Gasteiger partial charge is 0.309 e. The first-order chi connectivity index (χ1) is 11.0. The molecule has 0 N–H and O–H groups in total. The van der Waals surface area contributed by atoms with E-state index < -0.39 is 0 Å². The van der Waals surface area contributed by atoms with Crippen LogP contribution in [0.2, 0.25) is 0 Å². The van der Waals surface area contributed by atoms with Crippen molar-refractivity contribution in [1.29, 1.82) is 0 Å². The molecular weight excluding hydrogens is 290 g/mol. The second-order valence-corrected chi connectivity index (χ2v) is 6.67. The maximum Gasteiger partial charge on any atom is 0.309 e. The number of nitrogens with zero attached hydrogens (tertiary/aromatic N) is 3. The van der Waals surface area contributed by atoms with Crippen molar-refractivity contribution >= 4 is 11.8 Å². The lowest BCUT2D eigenvalue weighted by Crippen LogP contribution is -2.37. The number of aryl methyl sites for hydroxylation is 2. The fourth-order valence-electron chi connectivity index (χ4n) is 3.89. The molecule has 0 spiro atoms. The topological polar surface area (TPSA) is 55.3 Å². The molecule has 0 bridgehead atoms. The molecule has 124 valence electrons. The second-order valence-electron chi connectivity index (χ2n) is 6.67. The van der Waals surface area contributed by atoms with Crippen LogP contribution >= 0.6 is 0 Å². The summed E-state index contributed by atoms with van der Waals surface area (Å²) in [4.78, 5) is 23.8. The van der Waals surface area contributed by atoms with Gasteiger partial charge in [-0.25, -0.2) is 4.98 Å². The number of ether oxygens (including phenoxy) is 1. The van der Waals surface area contributed by atoms with Crippen LogP contribution in [0.4, 0.5) is 5.82 Å². The summed E-state index contributed by atoms with van der Waals surface area (Å²) in [6, 6.07) is 0. The van der Waals surface area contributed by atoms with Crippen molar-refractivity contribution in [1.82, 2.24) is 9.97 Å². The number of esters is 1. The van der Waals surface area contributed by atoms with Crippen LogP contribution in [0.25, 0.3) is 0 Å². The van der Waals surface area contributed by atoms with Gasteiger partial charge in [0.25, 0.3) is 0 Å². The molecule has 0 saturated carbocycles. The summed E-state index contributed by atoms with van der Waals surface area (Å²) in [7, 11) is 0. The molecule has 1 aliphatic carbocycles. The summed E-state index contributed by atoms with van der Waals surface area (Å²) >= 11 is 0. The van der Waals surface area contributed by atoms with Crippen LogP contribution < -0.4 is 4.90 Å². The van der Waals surface area contributed by atoms with Crippen molar-refractivity contribution in [2.45, 2.75) is 27.7 Å². The number of carbonyl (C=O) groups is 1. The zero-order chi connectivity index (χ0) is 16.6. The number of rotatable bonds is 3. The third-order valence-corrected chi connectivity index (χ3v) is 5.01. The van der Waals surface area contributed by atoms with Crippen molar-refractivity contribution in [3.8, 4) is 0 Å². The van der Waals surface area contributed by atoms with Crippen LogP contribution in [-0.2, 0) is 9.53 Å². The van der Waals surface area contributed by atoms with Gasteiger partial charge in [-0.2, -0.15) is 0 Å². The van der Waals surface area contributed by atoms with Gasteiger partial charge in [-0.3, -0.25) is 9.78 Å². The van der Waals surface area contributed by atoms with Crippen LogP contribution in [0, 0.1) is 37.5 Å². The Kier molecular flexibility index (Phi) is 4.37. The highest BCUT2D eigenvalue weighted by atomic mass is 16.5. The molecule has 4 atom stereocenters. The third-order valence-electron chi connectivity index (χ3n) is 5.01. The number of allylic oxidation sites excluding steroid dienone is 1. The van der Waals surface area contributed by atoms with Crippen molar-refractivity contribution in [2.75, 3.05) is 24.6 Å². The molecule has 1 aromatic heterocycles. The zero-order valence-electron chi connectivity index (χ0n) is 14.3. The summed E-state index contributed by atoms with van der Waals surface area (Å²) in [5.41, 5.74) is 1.87. The van der Waals surface area contributed by atoms with E-state index >= 15 is 0 Å². The summed E-state index contributed by atoms with van der Waals surface area (Å²) in [6.07, 6.45) is 6.23. The van der Waals surface area contributed by atoms with Gasteiger partial charge >= 0.3 is 5.97 Å². The number of hydrogen-bond acceptors (Lipinski definition) is 5. The Morgan fingerprint density at radius 2 is 2.13 bits per heavy atom. The van der Waals surface area contributed by atoms with Gasteiger partial charge < -0.3 is 9.64 Å². The van der Waals surface area contributed by atoms with Crippen LogP contribution in [-0.4, -0.2) is 35.6 Å². The Bertz CT molecular complexity index is 629. The molecule has 1 saturated heterocycles. The van der Waals surface area contributed by atoms with E-state index in [4.69, 9.17) is 4.74 Å². The lowest BCUT2D eigenvalue weighted by molar-refractivity contribution is -0.151. The van der Waals surface area contributed by atoms with Crippen molar-refractivity contribution in [2.24, 2.45) is 23.7 Å². The number of aromatic nitrogens is 2. The predicted molar refractivity (Wildman–Crippen MR) is 89.1 cm³/mol. The minimum absolute atomic E-state index is 0.0618. The average Bonchev–Trinajstić information content (AvgIpc) is 2.93. The Balaban J connectivity index is 1.85. The van der Waals surface area contributed by atoms with E-state index in [0.29, 0.717) is 12.5 Å². The highest BCUT2D eigenvalue weighted by Gasteiger charge is 2.45. The lowest BCUT2D eigenvalue weighted by Gasteiger charge is -2.31. The monoisotopic (exact) mass is 315 g/mol. The molecule has 0 unspecified atom stereocenters. The van der Waals surface area contributed by atoms with Gasteiger partial charge in [0.15, 0.2) is 0 Å². The van der Waals surface area contributed by atoms with Crippen LogP contribution in [0.3, 0.4) is 0 Å². The second kappa shape index (κ2) is 6.30. The molecule has 0 amide bonds. The Morgan fingerprint density at radius 1 is 1.35 bits per heavy atom. The van der Waals surface area contributed by atoms with E-state index in [1.807, 2.05) is 20.8 Å². The molecule has 2 heterocycles.